The van der Waals surface area contributed by atoms with Gasteiger partial charge in [0.1, 0.15) is 5.60 Å². The standard InChI is InChI=1S/C18H22O3/c1-12-2-4-15(5-3-12)16(19)21-18-9-13-6-14(10-18)8-17(20,7-13)11-18/h2-5,13-14,20H,6-11H2,1H3. The first-order valence-electron chi connectivity index (χ1n) is 7.98. The van der Waals surface area contributed by atoms with Gasteiger partial charge in [0.25, 0.3) is 0 Å². The van der Waals surface area contributed by atoms with E-state index in [9.17, 15) is 9.90 Å². The minimum absolute atomic E-state index is 0.236. The minimum atomic E-state index is -0.586. The summed E-state index contributed by atoms with van der Waals surface area (Å²) in [6.07, 6.45) is 5.49. The maximum absolute atomic E-state index is 12.4. The second-order valence-electron chi connectivity index (χ2n) is 7.62. The predicted octanol–water partition coefficient (Wildman–Crippen LogP) is 3.24. The lowest BCUT2D eigenvalue weighted by atomic mass is 9.52. The van der Waals surface area contributed by atoms with E-state index in [0.717, 1.165) is 31.2 Å². The Labute approximate surface area is 125 Å². The smallest absolute Gasteiger partial charge is 0.338 e. The molecule has 1 aromatic rings. The second-order valence-corrected chi connectivity index (χ2v) is 7.62. The van der Waals surface area contributed by atoms with Crippen molar-refractivity contribution in [3.05, 3.63) is 35.4 Å². The monoisotopic (exact) mass is 286 g/mol. The molecular formula is C18H22O3. The molecule has 0 aromatic heterocycles. The van der Waals surface area contributed by atoms with Crippen molar-refractivity contribution in [1.82, 2.24) is 0 Å². The molecule has 5 rings (SSSR count). The molecule has 0 radical (unpaired) electrons. The SMILES string of the molecule is Cc1ccc(C(=O)OC23CC4CC(CC(O)(C4)C2)C3)cc1. The Balaban J connectivity index is 1.56. The van der Waals surface area contributed by atoms with Gasteiger partial charge in [0.05, 0.1) is 11.2 Å². The normalized spacial score (nSPS) is 40.3. The molecule has 1 N–H and O–H groups in total. The first kappa shape index (κ1) is 13.3. The molecule has 4 aliphatic rings. The van der Waals surface area contributed by atoms with E-state index in [2.05, 4.69) is 0 Å². The minimum Gasteiger partial charge on any atom is -0.455 e. The average Bonchev–Trinajstić information content (AvgIpc) is 2.35. The number of aliphatic hydroxyl groups is 1. The van der Waals surface area contributed by atoms with Gasteiger partial charge in [-0.2, -0.15) is 0 Å². The lowest BCUT2D eigenvalue weighted by Gasteiger charge is -2.59. The molecule has 0 heterocycles. The Morgan fingerprint density at radius 3 is 2.33 bits per heavy atom. The van der Waals surface area contributed by atoms with Crippen LogP contribution in [0.5, 0.6) is 0 Å². The van der Waals surface area contributed by atoms with E-state index < -0.39 is 11.2 Å². The highest BCUT2D eigenvalue weighted by molar-refractivity contribution is 5.89. The molecule has 4 saturated carbocycles. The summed E-state index contributed by atoms with van der Waals surface area (Å²) in [7, 11) is 0. The van der Waals surface area contributed by atoms with Crippen molar-refractivity contribution in [2.75, 3.05) is 0 Å². The molecule has 0 amide bonds. The van der Waals surface area contributed by atoms with Crippen LogP contribution in [0.1, 0.15) is 54.4 Å². The van der Waals surface area contributed by atoms with Gasteiger partial charge in [0.2, 0.25) is 0 Å². The van der Waals surface area contributed by atoms with E-state index in [0.29, 0.717) is 23.8 Å². The van der Waals surface area contributed by atoms with Crippen LogP contribution in [0.25, 0.3) is 0 Å². The molecule has 0 aliphatic heterocycles. The van der Waals surface area contributed by atoms with E-state index in [1.165, 1.54) is 6.42 Å². The van der Waals surface area contributed by atoms with Gasteiger partial charge < -0.3 is 9.84 Å². The molecule has 3 heteroatoms. The molecule has 0 saturated heterocycles. The summed E-state index contributed by atoms with van der Waals surface area (Å²) in [5.74, 6) is 0.824. The van der Waals surface area contributed by atoms with Gasteiger partial charge in [0, 0.05) is 6.42 Å². The zero-order chi connectivity index (χ0) is 14.7. The molecule has 2 unspecified atom stereocenters. The summed E-state index contributed by atoms with van der Waals surface area (Å²) in [4.78, 5) is 12.4. The van der Waals surface area contributed by atoms with Gasteiger partial charge in [-0.15, -0.1) is 0 Å². The maximum atomic E-state index is 12.4. The molecule has 1 aromatic carbocycles. The second kappa shape index (κ2) is 4.33. The van der Waals surface area contributed by atoms with Crippen molar-refractivity contribution in [3.8, 4) is 0 Å². The van der Waals surface area contributed by atoms with E-state index in [1.807, 2.05) is 31.2 Å². The summed E-state index contributed by atoms with van der Waals surface area (Å²) < 4.78 is 5.94. The number of aryl methyl sites for hydroxylation is 1. The first-order valence-corrected chi connectivity index (χ1v) is 7.98. The zero-order valence-corrected chi connectivity index (χ0v) is 12.5. The van der Waals surface area contributed by atoms with Crippen molar-refractivity contribution in [2.24, 2.45) is 11.8 Å². The zero-order valence-electron chi connectivity index (χ0n) is 12.5. The number of benzene rings is 1. The number of carbonyl (C=O) groups excluding carboxylic acids is 1. The van der Waals surface area contributed by atoms with Crippen molar-refractivity contribution in [3.63, 3.8) is 0 Å². The number of ether oxygens (including phenoxy) is 1. The summed E-state index contributed by atoms with van der Waals surface area (Å²) in [5.41, 5.74) is 0.748. The van der Waals surface area contributed by atoms with E-state index in [1.54, 1.807) is 0 Å². The largest absolute Gasteiger partial charge is 0.455 e. The van der Waals surface area contributed by atoms with Gasteiger partial charge >= 0.3 is 5.97 Å². The Kier molecular flexibility index (Phi) is 2.74. The Morgan fingerprint density at radius 1 is 1.14 bits per heavy atom. The van der Waals surface area contributed by atoms with Crippen molar-refractivity contribution in [1.29, 1.82) is 0 Å². The lowest BCUT2D eigenvalue weighted by molar-refractivity contribution is -0.199. The number of hydrogen-bond donors (Lipinski definition) is 1. The van der Waals surface area contributed by atoms with Crippen molar-refractivity contribution < 1.29 is 14.6 Å². The Hall–Kier alpha value is -1.35. The van der Waals surface area contributed by atoms with E-state index in [-0.39, 0.29) is 5.97 Å². The van der Waals surface area contributed by atoms with Crippen LogP contribution >= 0.6 is 0 Å². The van der Waals surface area contributed by atoms with Crippen molar-refractivity contribution >= 4 is 5.97 Å². The molecule has 3 nitrogen and oxygen atoms in total. The van der Waals surface area contributed by atoms with Gasteiger partial charge in [-0.1, -0.05) is 17.7 Å². The fourth-order valence-corrected chi connectivity index (χ4v) is 5.20. The van der Waals surface area contributed by atoms with Crippen LogP contribution < -0.4 is 0 Å². The van der Waals surface area contributed by atoms with Crippen LogP contribution in [0.2, 0.25) is 0 Å². The Morgan fingerprint density at radius 2 is 1.76 bits per heavy atom. The molecule has 4 bridgehead atoms. The fourth-order valence-electron chi connectivity index (χ4n) is 5.20. The molecule has 21 heavy (non-hydrogen) atoms. The highest BCUT2D eigenvalue weighted by Crippen LogP contribution is 2.58. The van der Waals surface area contributed by atoms with Crippen LogP contribution in [-0.2, 0) is 4.74 Å². The van der Waals surface area contributed by atoms with Gasteiger partial charge in [-0.3, -0.25) is 0 Å². The molecule has 0 spiro atoms. The number of carbonyl (C=O) groups is 1. The fraction of sp³-hybridized carbons (Fsp3) is 0.611. The maximum Gasteiger partial charge on any atom is 0.338 e. The first-order chi connectivity index (χ1) is 9.95. The summed E-state index contributed by atoms with van der Waals surface area (Å²) in [6.45, 7) is 2.00. The molecular weight excluding hydrogens is 264 g/mol. The van der Waals surface area contributed by atoms with Crippen molar-refractivity contribution in [2.45, 2.75) is 56.7 Å². The van der Waals surface area contributed by atoms with Crippen LogP contribution in [0.3, 0.4) is 0 Å². The third-order valence-corrected chi connectivity index (χ3v) is 5.57. The van der Waals surface area contributed by atoms with Gasteiger partial charge in [-0.25, -0.2) is 4.79 Å². The highest BCUT2D eigenvalue weighted by atomic mass is 16.6. The number of esters is 1. The van der Waals surface area contributed by atoms with Crippen LogP contribution in [0, 0.1) is 18.8 Å². The van der Waals surface area contributed by atoms with Crippen LogP contribution in [-0.4, -0.2) is 22.3 Å². The molecule has 4 fully saturated rings. The highest BCUT2D eigenvalue weighted by Gasteiger charge is 2.59. The van der Waals surface area contributed by atoms with Gasteiger partial charge in [-0.05, 0) is 63.0 Å². The van der Waals surface area contributed by atoms with Crippen LogP contribution in [0.4, 0.5) is 0 Å². The topological polar surface area (TPSA) is 46.5 Å². The third kappa shape index (κ3) is 2.28. The third-order valence-electron chi connectivity index (χ3n) is 5.57. The van der Waals surface area contributed by atoms with E-state index >= 15 is 0 Å². The van der Waals surface area contributed by atoms with E-state index in [4.69, 9.17) is 4.74 Å². The number of hydrogen-bond acceptors (Lipinski definition) is 3. The van der Waals surface area contributed by atoms with Gasteiger partial charge in [0.15, 0.2) is 0 Å². The summed E-state index contributed by atoms with van der Waals surface area (Å²) in [6, 6.07) is 7.52. The van der Waals surface area contributed by atoms with Crippen LogP contribution in [0.15, 0.2) is 24.3 Å². The molecule has 2 atom stereocenters. The average molecular weight is 286 g/mol. The predicted molar refractivity (Wildman–Crippen MR) is 79.0 cm³/mol. The molecule has 112 valence electrons. The molecule has 4 aliphatic carbocycles. The quantitative estimate of drug-likeness (QED) is 0.849. The summed E-state index contributed by atoms with van der Waals surface area (Å²) in [5, 5.41) is 10.7. The summed E-state index contributed by atoms with van der Waals surface area (Å²) >= 11 is 0. The lowest BCUT2D eigenvalue weighted by Crippen LogP contribution is -2.60. The number of rotatable bonds is 2. The Bertz CT molecular complexity index is 561.